The summed E-state index contributed by atoms with van der Waals surface area (Å²) >= 11 is 7.04. The number of ether oxygens (including phenoxy) is 2. The Bertz CT molecular complexity index is 461. The van der Waals surface area contributed by atoms with Gasteiger partial charge in [0.05, 0.1) is 18.2 Å². The lowest BCUT2D eigenvalue weighted by Gasteiger charge is -2.11. The lowest BCUT2D eigenvalue weighted by molar-refractivity contribution is 0.200. The molecule has 0 aromatic heterocycles. The van der Waals surface area contributed by atoms with E-state index in [1.807, 2.05) is 6.07 Å². The van der Waals surface area contributed by atoms with Crippen LogP contribution in [-0.2, 0) is 4.74 Å². The maximum atomic E-state index is 5.47. The van der Waals surface area contributed by atoms with E-state index in [1.54, 1.807) is 14.2 Å². The zero-order valence-electron chi connectivity index (χ0n) is 12.1. The third kappa shape index (κ3) is 5.56. The van der Waals surface area contributed by atoms with Gasteiger partial charge < -0.3 is 14.8 Å². The van der Waals surface area contributed by atoms with Crippen molar-refractivity contribution >= 4 is 37.9 Å². The molecule has 0 atom stereocenters. The first-order chi connectivity index (χ1) is 9.62. The molecule has 0 aliphatic heterocycles. The molecule has 0 saturated carbocycles. The van der Waals surface area contributed by atoms with E-state index in [9.17, 15) is 0 Å². The highest BCUT2D eigenvalue weighted by Crippen LogP contribution is 2.34. The van der Waals surface area contributed by atoms with E-state index in [4.69, 9.17) is 9.47 Å². The molecule has 20 heavy (non-hydrogen) atoms. The molecule has 1 N–H and O–H groups in total. The molecular weight excluding hydrogens is 386 g/mol. The van der Waals surface area contributed by atoms with Crippen LogP contribution in [0.5, 0.6) is 5.75 Å². The highest BCUT2D eigenvalue weighted by Gasteiger charge is 2.08. The van der Waals surface area contributed by atoms with Gasteiger partial charge in [0.25, 0.3) is 0 Å². The zero-order chi connectivity index (χ0) is 15.0. The summed E-state index contributed by atoms with van der Waals surface area (Å²) in [5, 5.41) is 3.37. The van der Waals surface area contributed by atoms with Crippen molar-refractivity contribution < 1.29 is 9.47 Å². The van der Waals surface area contributed by atoms with Crippen LogP contribution in [0.15, 0.2) is 26.7 Å². The number of rotatable bonds is 8. The van der Waals surface area contributed by atoms with Crippen LogP contribution in [-0.4, -0.2) is 33.9 Å². The summed E-state index contributed by atoms with van der Waals surface area (Å²) in [5.74, 6) is 0.857. The Morgan fingerprint density at radius 1 is 1.30 bits per heavy atom. The van der Waals surface area contributed by atoms with E-state index < -0.39 is 0 Å². The fraction of sp³-hybridized carbons (Fsp3) is 0.467. The number of benzene rings is 1. The Kier molecular flexibility index (Phi) is 8.45. The van der Waals surface area contributed by atoms with Gasteiger partial charge >= 0.3 is 0 Å². The molecule has 1 aromatic carbocycles. The molecule has 1 rings (SSSR count). The Labute approximate surface area is 138 Å². The molecule has 0 heterocycles. The first-order valence-electron chi connectivity index (χ1n) is 6.54. The molecule has 112 valence electrons. The molecule has 0 spiro atoms. The summed E-state index contributed by atoms with van der Waals surface area (Å²) in [7, 11) is 3.40. The highest BCUT2D eigenvalue weighted by atomic mass is 79.9. The lowest BCUT2D eigenvalue weighted by atomic mass is 10.1. The SMILES string of the molecule is CCC(=Cc1cc(Br)cc(Br)c1OC)CNCCOC. The minimum Gasteiger partial charge on any atom is -0.495 e. The van der Waals surface area contributed by atoms with Crippen LogP contribution in [0.25, 0.3) is 6.08 Å². The fourth-order valence-corrected chi connectivity index (χ4v) is 3.24. The van der Waals surface area contributed by atoms with Gasteiger partial charge in [0, 0.05) is 30.2 Å². The lowest BCUT2D eigenvalue weighted by Crippen LogP contribution is -2.21. The van der Waals surface area contributed by atoms with Crippen molar-refractivity contribution in [3.05, 3.63) is 32.2 Å². The second-order valence-corrected chi connectivity index (χ2v) is 6.11. The number of hydrogen-bond acceptors (Lipinski definition) is 3. The standard InChI is InChI=1S/C15H21Br2NO2/c1-4-11(10-18-5-6-19-2)7-12-8-13(16)9-14(17)15(12)20-3/h7-9,18H,4-6,10H2,1-3H3. The van der Waals surface area contributed by atoms with Crippen LogP contribution < -0.4 is 10.1 Å². The molecule has 5 heteroatoms. The van der Waals surface area contributed by atoms with Gasteiger partial charge in [-0.1, -0.05) is 34.5 Å². The Hall–Kier alpha value is -0.360. The zero-order valence-corrected chi connectivity index (χ0v) is 15.3. The molecule has 0 amide bonds. The monoisotopic (exact) mass is 405 g/mol. The maximum absolute atomic E-state index is 5.47. The van der Waals surface area contributed by atoms with Crippen molar-refractivity contribution in [3.8, 4) is 5.75 Å². The smallest absolute Gasteiger partial charge is 0.140 e. The molecule has 0 aliphatic rings. The average Bonchev–Trinajstić information content (AvgIpc) is 2.41. The van der Waals surface area contributed by atoms with Gasteiger partial charge in [0.1, 0.15) is 5.75 Å². The van der Waals surface area contributed by atoms with Crippen molar-refractivity contribution in [2.75, 3.05) is 33.9 Å². The van der Waals surface area contributed by atoms with E-state index >= 15 is 0 Å². The average molecular weight is 407 g/mol. The third-order valence-corrected chi connectivity index (χ3v) is 3.94. The van der Waals surface area contributed by atoms with Crippen LogP contribution >= 0.6 is 31.9 Å². The van der Waals surface area contributed by atoms with Gasteiger partial charge in [-0.3, -0.25) is 0 Å². The first kappa shape index (κ1) is 17.7. The quantitative estimate of drug-likeness (QED) is 0.654. The minimum atomic E-state index is 0.725. The molecule has 0 fully saturated rings. The summed E-state index contributed by atoms with van der Waals surface area (Å²) < 4.78 is 12.5. The third-order valence-electron chi connectivity index (χ3n) is 2.89. The summed E-state index contributed by atoms with van der Waals surface area (Å²) in [6, 6.07) is 4.05. The first-order valence-corrected chi connectivity index (χ1v) is 8.13. The summed E-state index contributed by atoms with van der Waals surface area (Å²) in [5.41, 5.74) is 2.39. The van der Waals surface area contributed by atoms with Crippen molar-refractivity contribution in [1.82, 2.24) is 5.32 Å². The second-order valence-electron chi connectivity index (χ2n) is 4.34. The molecule has 0 unspecified atom stereocenters. The van der Waals surface area contributed by atoms with E-state index in [0.29, 0.717) is 0 Å². The van der Waals surface area contributed by atoms with Gasteiger partial charge in [-0.15, -0.1) is 0 Å². The Morgan fingerprint density at radius 2 is 2.05 bits per heavy atom. The second kappa shape index (κ2) is 9.55. The molecular formula is C15H21Br2NO2. The Morgan fingerprint density at radius 3 is 2.65 bits per heavy atom. The van der Waals surface area contributed by atoms with Crippen molar-refractivity contribution in [1.29, 1.82) is 0 Å². The van der Waals surface area contributed by atoms with Gasteiger partial charge in [0.2, 0.25) is 0 Å². The van der Waals surface area contributed by atoms with Gasteiger partial charge in [-0.2, -0.15) is 0 Å². The largest absolute Gasteiger partial charge is 0.495 e. The minimum absolute atomic E-state index is 0.725. The highest BCUT2D eigenvalue weighted by molar-refractivity contribution is 9.11. The maximum Gasteiger partial charge on any atom is 0.140 e. The summed E-state index contributed by atoms with van der Waals surface area (Å²) in [4.78, 5) is 0. The van der Waals surface area contributed by atoms with E-state index in [2.05, 4.69) is 56.2 Å². The molecule has 3 nitrogen and oxygen atoms in total. The number of methoxy groups -OCH3 is 2. The summed E-state index contributed by atoms with van der Waals surface area (Å²) in [6.45, 7) is 4.59. The van der Waals surface area contributed by atoms with Crippen molar-refractivity contribution in [2.24, 2.45) is 0 Å². The van der Waals surface area contributed by atoms with Crippen molar-refractivity contribution in [2.45, 2.75) is 13.3 Å². The van der Waals surface area contributed by atoms with Crippen LogP contribution in [0.3, 0.4) is 0 Å². The van der Waals surface area contributed by atoms with E-state index in [1.165, 1.54) is 5.57 Å². The normalized spacial score (nSPS) is 11.8. The fourth-order valence-electron chi connectivity index (χ4n) is 1.82. The van der Waals surface area contributed by atoms with Gasteiger partial charge in [-0.25, -0.2) is 0 Å². The number of halogens is 2. The van der Waals surface area contributed by atoms with Crippen LogP contribution in [0.1, 0.15) is 18.9 Å². The predicted octanol–water partition coefficient (Wildman–Crippen LogP) is 4.25. The van der Waals surface area contributed by atoms with Crippen molar-refractivity contribution in [3.63, 3.8) is 0 Å². The molecule has 0 bridgehead atoms. The Balaban J connectivity index is 2.88. The van der Waals surface area contributed by atoms with Gasteiger partial charge in [0.15, 0.2) is 0 Å². The van der Waals surface area contributed by atoms with Gasteiger partial charge in [-0.05, 0) is 34.5 Å². The van der Waals surface area contributed by atoms with E-state index in [0.717, 1.165) is 46.4 Å². The molecule has 0 aliphatic carbocycles. The predicted molar refractivity (Wildman–Crippen MR) is 91.4 cm³/mol. The van der Waals surface area contributed by atoms with Crippen LogP contribution in [0, 0.1) is 0 Å². The van der Waals surface area contributed by atoms with Crippen LogP contribution in [0.4, 0.5) is 0 Å². The molecule has 0 saturated heterocycles. The summed E-state index contributed by atoms with van der Waals surface area (Å²) in [6.07, 6.45) is 3.17. The number of nitrogens with one attached hydrogen (secondary N) is 1. The molecule has 0 radical (unpaired) electrons. The topological polar surface area (TPSA) is 30.5 Å². The number of hydrogen-bond donors (Lipinski definition) is 1. The molecule has 1 aromatic rings. The van der Waals surface area contributed by atoms with Crippen LogP contribution in [0.2, 0.25) is 0 Å². The van der Waals surface area contributed by atoms with E-state index in [-0.39, 0.29) is 0 Å².